The zero-order valence-corrected chi connectivity index (χ0v) is 16.1. The van der Waals surface area contributed by atoms with Crippen molar-refractivity contribution in [3.05, 3.63) is 63.5 Å². The summed E-state index contributed by atoms with van der Waals surface area (Å²) < 4.78 is 8.04. The summed E-state index contributed by atoms with van der Waals surface area (Å²) in [6.45, 7) is 7.29. The van der Waals surface area contributed by atoms with Crippen LogP contribution in [0.25, 0.3) is 5.00 Å². The van der Waals surface area contributed by atoms with Gasteiger partial charge < -0.3 is 4.74 Å². The molecule has 0 unspecified atom stereocenters. The molecule has 1 aliphatic rings. The SMILES string of the molecule is Cc1nnc2n1-c1sc(C#CC(C)C)c(Cc3ccccc3)c1COC2. The molecule has 4 nitrogen and oxygen atoms in total. The maximum absolute atomic E-state index is 5.91. The first-order chi connectivity index (χ1) is 12.6. The molecule has 0 saturated heterocycles. The molecule has 132 valence electrons. The van der Waals surface area contributed by atoms with E-state index in [-0.39, 0.29) is 0 Å². The van der Waals surface area contributed by atoms with Gasteiger partial charge in [-0.25, -0.2) is 0 Å². The van der Waals surface area contributed by atoms with Gasteiger partial charge in [0.15, 0.2) is 5.82 Å². The molecule has 4 rings (SSSR count). The minimum atomic E-state index is 0.338. The van der Waals surface area contributed by atoms with Crippen molar-refractivity contribution in [2.45, 2.75) is 40.4 Å². The number of hydrogen-bond acceptors (Lipinski definition) is 4. The summed E-state index contributed by atoms with van der Waals surface area (Å²) in [5, 5.41) is 9.66. The van der Waals surface area contributed by atoms with Crippen LogP contribution in [0.4, 0.5) is 0 Å². The Labute approximate surface area is 157 Å². The molecule has 0 amide bonds. The quantitative estimate of drug-likeness (QED) is 0.639. The lowest BCUT2D eigenvalue weighted by molar-refractivity contribution is 0.104. The summed E-state index contributed by atoms with van der Waals surface area (Å²) in [5.41, 5.74) is 3.77. The number of nitrogens with zero attached hydrogens (tertiary/aromatic N) is 3. The molecule has 3 aromatic rings. The predicted molar refractivity (Wildman–Crippen MR) is 103 cm³/mol. The Bertz CT molecular complexity index is 990. The van der Waals surface area contributed by atoms with Gasteiger partial charge in [0, 0.05) is 11.5 Å². The van der Waals surface area contributed by atoms with Crippen LogP contribution in [-0.2, 0) is 24.4 Å². The van der Waals surface area contributed by atoms with Crippen LogP contribution in [0.5, 0.6) is 0 Å². The highest BCUT2D eigenvalue weighted by Crippen LogP contribution is 2.36. The fraction of sp³-hybridized carbons (Fsp3) is 0.333. The fourth-order valence-corrected chi connectivity index (χ4v) is 4.38. The molecule has 26 heavy (non-hydrogen) atoms. The number of aromatic nitrogens is 3. The lowest BCUT2D eigenvalue weighted by Crippen LogP contribution is -2.00. The second-order valence-electron chi connectivity index (χ2n) is 6.77. The third kappa shape index (κ3) is 3.18. The van der Waals surface area contributed by atoms with Gasteiger partial charge in [0.05, 0.1) is 11.5 Å². The van der Waals surface area contributed by atoms with Gasteiger partial charge in [0.1, 0.15) is 17.4 Å². The third-order valence-electron chi connectivity index (χ3n) is 4.37. The number of ether oxygens (including phenoxy) is 1. The molecule has 2 aromatic heterocycles. The first kappa shape index (κ1) is 17.0. The van der Waals surface area contributed by atoms with Crippen molar-refractivity contribution in [3.63, 3.8) is 0 Å². The van der Waals surface area contributed by atoms with Crippen molar-refractivity contribution in [2.24, 2.45) is 5.92 Å². The van der Waals surface area contributed by atoms with Crippen LogP contribution in [0.15, 0.2) is 30.3 Å². The van der Waals surface area contributed by atoms with Crippen molar-refractivity contribution >= 4 is 11.3 Å². The molecule has 1 aromatic carbocycles. The molecular formula is C21H21N3OS. The van der Waals surface area contributed by atoms with Crippen LogP contribution in [-0.4, -0.2) is 14.8 Å². The smallest absolute Gasteiger partial charge is 0.164 e. The molecule has 0 bridgehead atoms. The van der Waals surface area contributed by atoms with Crippen LogP contribution >= 0.6 is 11.3 Å². The van der Waals surface area contributed by atoms with E-state index in [0.717, 1.165) is 27.9 Å². The summed E-state index contributed by atoms with van der Waals surface area (Å²) >= 11 is 1.73. The molecule has 3 heterocycles. The Morgan fingerprint density at radius 3 is 2.77 bits per heavy atom. The molecule has 0 fully saturated rings. The van der Waals surface area contributed by atoms with Gasteiger partial charge in [0.2, 0.25) is 0 Å². The molecule has 0 radical (unpaired) electrons. The van der Waals surface area contributed by atoms with E-state index in [1.54, 1.807) is 11.3 Å². The Morgan fingerprint density at radius 2 is 2.00 bits per heavy atom. The number of benzene rings is 1. The van der Waals surface area contributed by atoms with E-state index in [2.05, 4.69) is 64.7 Å². The predicted octanol–water partition coefficient (Wildman–Crippen LogP) is 4.27. The summed E-state index contributed by atoms with van der Waals surface area (Å²) in [6.07, 6.45) is 0.856. The Kier molecular flexibility index (Phi) is 4.62. The number of fused-ring (bicyclic) bond motifs is 3. The third-order valence-corrected chi connectivity index (χ3v) is 5.54. The van der Waals surface area contributed by atoms with Crippen LogP contribution in [0, 0.1) is 24.7 Å². The first-order valence-electron chi connectivity index (χ1n) is 8.82. The van der Waals surface area contributed by atoms with Crippen molar-refractivity contribution in [1.29, 1.82) is 0 Å². The Balaban J connectivity index is 1.88. The van der Waals surface area contributed by atoms with Crippen molar-refractivity contribution in [2.75, 3.05) is 0 Å². The maximum atomic E-state index is 5.91. The van der Waals surface area contributed by atoms with Gasteiger partial charge in [-0.15, -0.1) is 21.5 Å². The summed E-state index contributed by atoms with van der Waals surface area (Å²) in [5.74, 6) is 8.82. The van der Waals surface area contributed by atoms with E-state index in [1.807, 2.05) is 13.0 Å². The molecule has 0 atom stereocenters. The lowest BCUT2D eigenvalue weighted by atomic mass is 10.0. The zero-order chi connectivity index (χ0) is 18.1. The van der Waals surface area contributed by atoms with Crippen LogP contribution < -0.4 is 0 Å². The minimum Gasteiger partial charge on any atom is -0.369 e. The van der Waals surface area contributed by atoms with Gasteiger partial charge in [-0.05, 0) is 24.5 Å². The molecule has 0 N–H and O–H groups in total. The second kappa shape index (κ2) is 7.06. The highest BCUT2D eigenvalue weighted by atomic mass is 32.1. The molecule has 1 aliphatic heterocycles. The van der Waals surface area contributed by atoms with Gasteiger partial charge in [-0.2, -0.15) is 0 Å². The molecule has 0 spiro atoms. The average molecular weight is 363 g/mol. The van der Waals surface area contributed by atoms with E-state index in [0.29, 0.717) is 19.1 Å². The largest absolute Gasteiger partial charge is 0.369 e. The highest BCUT2D eigenvalue weighted by Gasteiger charge is 2.25. The topological polar surface area (TPSA) is 39.9 Å². The normalized spacial score (nSPS) is 12.9. The van der Waals surface area contributed by atoms with Crippen molar-refractivity contribution in [1.82, 2.24) is 14.8 Å². The monoisotopic (exact) mass is 363 g/mol. The highest BCUT2D eigenvalue weighted by molar-refractivity contribution is 7.15. The number of rotatable bonds is 2. The van der Waals surface area contributed by atoms with Gasteiger partial charge in [0.25, 0.3) is 0 Å². The summed E-state index contributed by atoms with van der Waals surface area (Å²) in [6, 6.07) is 10.5. The van der Waals surface area contributed by atoms with Gasteiger partial charge in [-0.1, -0.05) is 56.0 Å². The first-order valence-corrected chi connectivity index (χ1v) is 9.64. The fourth-order valence-electron chi connectivity index (χ4n) is 3.12. The van der Waals surface area contributed by atoms with Crippen LogP contribution in [0.1, 0.15) is 47.1 Å². The average Bonchev–Trinajstić information content (AvgIpc) is 3.08. The summed E-state index contributed by atoms with van der Waals surface area (Å²) in [7, 11) is 0. The summed E-state index contributed by atoms with van der Waals surface area (Å²) in [4.78, 5) is 1.12. The van der Waals surface area contributed by atoms with Crippen molar-refractivity contribution < 1.29 is 4.74 Å². The Hall–Kier alpha value is -2.42. The van der Waals surface area contributed by atoms with Gasteiger partial charge in [-0.3, -0.25) is 4.57 Å². The lowest BCUT2D eigenvalue weighted by Gasteiger charge is -2.07. The minimum absolute atomic E-state index is 0.338. The van der Waals surface area contributed by atoms with E-state index in [9.17, 15) is 0 Å². The molecule has 0 saturated carbocycles. The molecule has 5 heteroatoms. The molecule has 0 aliphatic carbocycles. The van der Waals surface area contributed by atoms with Crippen molar-refractivity contribution in [3.8, 4) is 16.8 Å². The van der Waals surface area contributed by atoms with Crippen LogP contribution in [0.3, 0.4) is 0 Å². The maximum Gasteiger partial charge on any atom is 0.164 e. The van der Waals surface area contributed by atoms with Gasteiger partial charge >= 0.3 is 0 Å². The van der Waals surface area contributed by atoms with Crippen LogP contribution in [0.2, 0.25) is 0 Å². The number of hydrogen-bond donors (Lipinski definition) is 0. The number of thiophene rings is 1. The second-order valence-corrected chi connectivity index (χ2v) is 7.77. The Morgan fingerprint density at radius 1 is 1.19 bits per heavy atom. The van der Waals surface area contributed by atoms with E-state index in [1.165, 1.54) is 16.7 Å². The standard InChI is InChI=1S/C21H21N3OS/c1-14(2)9-10-19-17(11-16-7-5-4-6-8-16)18-12-25-13-20-23-22-15(3)24(20)21(18)26-19/h4-8,14H,11-13H2,1-3H3. The molecular weight excluding hydrogens is 342 g/mol. The van der Waals surface area contributed by atoms with E-state index in [4.69, 9.17) is 4.74 Å². The van der Waals surface area contributed by atoms with E-state index < -0.39 is 0 Å². The number of aryl methyl sites for hydroxylation is 1. The van der Waals surface area contributed by atoms with E-state index >= 15 is 0 Å². The zero-order valence-electron chi connectivity index (χ0n) is 15.2.